The maximum atomic E-state index is 13.1. The van der Waals surface area contributed by atoms with Crippen molar-refractivity contribution in [3.05, 3.63) is 94.9 Å². The van der Waals surface area contributed by atoms with Crippen LogP contribution in [0.3, 0.4) is 0 Å². The van der Waals surface area contributed by atoms with E-state index in [0.717, 1.165) is 0 Å². The highest BCUT2D eigenvalue weighted by molar-refractivity contribution is 6.12. The Bertz CT molecular complexity index is 1280. The van der Waals surface area contributed by atoms with E-state index in [2.05, 4.69) is 5.32 Å². The van der Waals surface area contributed by atoms with Gasteiger partial charge in [0.25, 0.3) is 11.5 Å². The van der Waals surface area contributed by atoms with Crippen LogP contribution >= 0.6 is 0 Å². The van der Waals surface area contributed by atoms with Crippen molar-refractivity contribution in [3.63, 3.8) is 0 Å². The van der Waals surface area contributed by atoms with E-state index in [1.54, 1.807) is 87.1 Å². The van der Waals surface area contributed by atoms with Crippen LogP contribution in [0.2, 0.25) is 0 Å². The number of anilines is 1. The van der Waals surface area contributed by atoms with Crippen molar-refractivity contribution < 1.29 is 14.3 Å². The largest absolute Gasteiger partial charge is 0.497 e. The lowest BCUT2D eigenvalue weighted by atomic mass is 10.1. The standard InChI is InChI=1S/C24H20N2O4/c1-29-18-12-10-17(11-13-18)26-15-22(20-8-3-4-9-21(20)24(26)28)23(27)25-16-6-5-7-19(14-16)30-2/h3-15H,1-2H3,(H,25,27). The van der Waals surface area contributed by atoms with Crippen molar-refractivity contribution in [1.29, 1.82) is 0 Å². The summed E-state index contributed by atoms with van der Waals surface area (Å²) in [6, 6.07) is 21.3. The molecule has 0 aliphatic heterocycles. The molecule has 4 aromatic rings. The SMILES string of the molecule is COc1ccc(-n2cc(C(=O)Nc3cccc(OC)c3)c3ccccc3c2=O)cc1. The summed E-state index contributed by atoms with van der Waals surface area (Å²) < 4.78 is 11.9. The topological polar surface area (TPSA) is 69.6 Å². The molecule has 0 aliphatic carbocycles. The third-order valence-electron chi connectivity index (χ3n) is 4.85. The van der Waals surface area contributed by atoms with Crippen LogP contribution in [0.25, 0.3) is 16.5 Å². The van der Waals surface area contributed by atoms with Gasteiger partial charge in [0.2, 0.25) is 0 Å². The number of hydrogen-bond donors (Lipinski definition) is 1. The highest BCUT2D eigenvalue weighted by Crippen LogP contribution is 2.22. The van der Waals surface area contributed by atoms with E-state index in [1.165, 1.54) is 4.57 Å². The van der Waals surface area contributed by atoms with E-state index in [0.29, 0.717) is 39.2 Å². The molecule has 0 spiro atoms. The molecule has 0 bridgehead atoms. The van der Waals surface area contributed by atoms with Crippen molar-refractivity contribution in [2.24, 2.45) is 0 Å². The van der Waals surface area contributed by atoms with Crippen molar-refractivity contribution in [1.82, 2.24) is 4.57 Å². The summed E-state index contributed by atoms with van der Waals surface area (Å²) in [6.07, 6.45) is 1.57. The van der Waals surface area contributed by atoms with Crippen molar-refractivity contribution >= 4 is 22.4 Å². The lowest BCUT2D eigenvalue weighted by Crippen LogP contribution is -2.22. The van der Waals surface area contributed by atoms with Gasteiger partial charge in [-0.2, -0.15) is 0 Å². The van der Waals surface area contributed by atoms with Crippen LogP contribution in [-0.4, -0.2) is 24.7 Å². The normalized spacial score (nSPS) is 10.6. The van der Waals surface area contributed by atoms with Gasteiger partial charge in [-0.15, -0.1) is 0 Å². The molecule has 6 nitrogen and oxygen atoms in total. The van der Waals surface area contributed by atoms with Crippen LogP contribution in [0.5, 0.6) is 11.5 Å². The molecule has 1 amide bonds. The van der Waals surface area contributed by atoms with E-state index in [1.807, 2.05) is 6.07 Å². The Morgan fingerprint density at radius 1 is 0.833 bits per heavy atom. The van der Waals surface area contributed by atoms with E-state index in [-0.39, 0.29) is 11.5 Å². The van der Waals surface area contributed by atoms with E-state index >= 15 is 0 Å². The zero-order chi connectivity index (χ0) is 21.1. The van der Waals surface area contributed by atoms with Crippen molar-refractivity contribution in [2.75, 3.05) is 19.5 Å². The average molecular weight is 400 g/mol. The van der Waals surface area contributed by atoms with Gasteiger partial charge in [-0.05, 0) is 42.5 Å². The molecule has 0 radical (unpaired) electrons. The Morgan fingerprint density at radius 3 is 2.23 bits per heavy atom. The second kappa shape index (κ2) is 8.13. The first kappa shape index (κ1) is 19.3. The predicted octanol–water partition coefficient (Wildman–Crippen LogP) is 4.26. The second-order valence-electron chi connectivity index (χ2n) is 6.65. The van der Waals surface area contributed by atoms with Gasteiger partial charge >= 0.3 is 0 Å². The lowest BCUT2D eigenvalue weighted by molar-refractivity contribution is 0.102. The third-order valence-corrected chi connectivity index (χ3v) is 4.85. The van der Waals surface area contributed by atoms with Gasteiger partial charge in [0, 0.05) is 34.4 Å². The van der Waals surface area contributed by atoms with E-state index in [4.69, 9.17) is 9.47 Å². The summed E-state index contributed by atoms with van der Waals surface area (Å²) in [4.78, 5) is 26.2. The monoisotopic (exact) mass is 400 g/mol. The molecule has 150 valence electrons. The molecule has 0 atom stereocenters. The Balaban J connectivity index is 1.82. The first-order valence-electron chi connectivity index (χ1n) is 9.35. The van der Waals surface area contributed by atoms with Crippen molar-refractivity contribution in [3.8, 4) is 17.2 Å². The molecule has 0 saturated carbocycles. The highest BCUT2D eigenvalue weighted by Gasteiger charge is 2.16. The highest BCUT2D eigenvalue weighted by atomic mass is 16.5. The maximum Gasteiger partial charge on any atom is 0.262 e. The molecule has 0 saturated heterocycles. The van der Waals surface area contributed by atoms with Gasteiger partial charge in [-0.1, -0.05) is 24.3 Å². The van der Waals surface area contributed by atoms with E-state index in [9.17, 15) is 9.59 Å². The molecule has 3 aromatic carbocycles. The number of carbonyl (C=O) groups is 1. The number of fused-ring (bicyclic) bond motifs is 1. The van der Waals surface area contributed by atoms with E-state index < -0.39 is 0 Å². The number of rotatable bonds is 5. The van der Waals surface area contributed by atoms with Gasteiger partial charge in [0.15, 0.2) is 0 Å². The Morgan fingerprint density at radius 2 is 1.53 bits per heavy atom. The molecule has 0 aliphatic rings. The molecule has 1 aromatic heterocycles. The molecule has 4 rings (SSSR count). The smallest absolute Gasteiger partial charge is 0.262 e. The van der Waals surface area contributed by atoms with Gasteiger partial charge in [0.05, 0.1) is 19.8 Å². The Hall–Kier alpha value is -4.06. The van der Waals surface area contributed by atoms with Crippen LogP contribution in [0.1, 0.15) is 10.4 Å². The number of aromatic nitrogens is 1. The lowest BCUT2D eigenvalue weighted by Gasteiger charge is -2.13. The van der Waals surface area contributed by atoms with Gasteiger partial charge in [-0.3, -0.25) is 14.2 Å². The first-order chi connectivity index (χ1) is 14.6. The summed E-state index contributed by atoms with van der Waals surface area (Å²) in [5, 5.41) is 3.94. The van der Waals surface area contributed by atoms with Gasteiger partial charge in [-0.25, -0.2) is 0 Å². The van der Waals surface area contributed by atoms with Crippen LogP contribution in [0.15, 0.2) is 83.8 Å². The zero-order valence-electron chi connectivity index (χ0n) is 16.6. The third kappa shape index (κ3) is 3.63. The average Bonchev–Trinajstić information content (AvgIpc) is 2.79. The number of pyridine rings is 1. The molecule has 0 fully saturated rings. The Kier molecular flexibility index (Phi) is 5.22. The number of nitrogens with one attached hydrogen (secondary N) is 1. The summed E-state index contributed by atoms with van der Waals surface area (Å²) in [5.74, 6) is 1.01. The summed E-state index contributed by atoms with van der Waals surface area (Å²) in [5.41, 5.74) is 1.44. The van der Waals surface area contributed by atoms with Gasteiger partial charge in [0.1, 0.15) is 11.5 Å². The molecule has 6 heteroatoms. The fourth-order valence-corrected chi connectivity index (χ4v) is 3.31. The fraction of sp³-hybridized carbons (Fsp3) is 0.0833. The molecule has 1 N–H and O–H groups in total. The number of amides is 1. The number of benzene rings is 3. The number of carbonyl (C=O) groups excluding carboxylic acids is 1. The Labute approximate surface area is 173 Å². The van der Waals surface area contributed by atoms with Gasteiger partial charge < -0.3 is 14.8 Å². The zero-order valence-corrected chi connectivity index (χ0v) is 16.6. The summed E-state index contributed by atoms with van der Waals surface area (Å²) >= 11 is 0. The minimum atomic E-state index is -0.318. The van der Waals surface area contributed by atoms with Crippen LogP contribution < -0.4 is 20.3 Å². The number of methoxy groups -OCH3 is 2. The number of hydrogen-bond acceptors (Lipinski definition) is 4. The second-order valence-corrected chi connectivity index (χ2v) is 6.65. The minimum absolute atomic E-state index is 0.200. The minimum Gasteiger partial charge on any atom is -0.497 e. The molecule has 1 heterocycles. The quantitative estimate of drug-likeness (QED) is 0.543. The molecular formula is C24H20N2O4. The number of ether oxygens (including phenoxy) is 2. The summed E-state index contributed by atoms with van der Waals surface area (Å²) in [6.45, 7) is 0. The maximum absolute atomic E-state index is 13.1. The first-order valence-corrected chi connectivity index (χ1v) is 9.35. The molecule has 30 heavy (non-hydrogen) atoms. The van der Waals surface area contributed by atoms with Crippen LogP contribution in [-0.2, 0) is 0 Å². The van der Waals surface area contributed by atoms with Crippen LogP contribution in [0, 0.1) is 0 Å². The van der Waals surface area contributed by atoms with Crippen LogP contribution in [0.4, 0.5) is 5.69 Å². The number of nitrogens with zero attached hydrogens (tertiary/aromatic N) is 1. The molecule has 0 unspecified atom stereocenters. The summed E-state index contributed by atoms with van der Waals surface area (Å²) in [7, 11) is 3.15. The predicted molar refractivity (Wildman–Crippen MR) is 117 cm³/mol. The van der Waals surface area contributed by atoms with Crippen molar-refractivity contribution in [2.45, 2.75) is 0 Å². The fourth-order valence-electron chi connectivity index (χ4n) is 3.31. The molecular weight excluding hydrogens is 380 g/mol.